The molecule has 1 aromatic rings. The molecular weight excluding hydrogens is 174 g/mol. The lowest BCUT2D eigenvalue weighted by Gasteiger charge is -2.11. The number of nitrogens with zero attached hydrogens (tertiary/aromatic N) is 4. The number of tetrazole rings is 1. The van der Waals surface area contributed by atoms with Crippen LogP contribution in [0.5, 0.6) is 0 Å². The van der Waals surface area contributed by atoms with Crippen LogP contribution < -0.4 is 0 Å². The zero-order chi connectivity index (χ0) is 9.26. The predicted molar refractivity (Wildman–Crippen MR) is 40.7 cm³/mol. The van der Waals surface area contributed by atoms with Crippen molar-refractivity contribution in [3.63, 3.8) is 0 Å². The van der Waals surface area contributed by atoms with Gasteiger partial charge in [-0.25, -0.2) is 0 Å². The van der Waals surface area contributed by atoms with E-state index in [0.717, 1.165) is 0 Å². The molecule has 13 heavy (non-hydrogen) atoms. The van der Waals surface area contributed by atoms with E-state index < -0.39 is 6.10 Å². The van der Waals surface area contributed by atoms with Gasteiger partial charge in [0.1, 0.15) is 0 Å². The summed E-state index contributed by atoms with van der Waals surface area (Å²) in [5.74, 6) is -0.237. The second kappa shape index (κ2) is 3.09. The molecule has 0 bridgehead atoms. The summed E-state index contributed by atoms with van der Waals surface area (Å²) in [6.45, 7) is 0.905. The molecule has 0 unspecified atom stereocenters. The summed E-state index contributed by atoms with van der Waals surface area (Å²) < 4.78 is 0. The number of amides is 1. The average Bonchev–Trinajstić information content (AvgIpc) is 2.72. The van der Waals surface area contributed by atoms with Gasteiger partial charge in [0.05, 0.1) is 6.10 Å². The Labute approximate surface area is 73.7 Å². The van der Waals surface area contributed by atoms with Crippen molar-refractivity contribution in [1.29, 1.82) is 0 Å². The fourth-order valence-electron chi connectivity index (χ4n) is 1.32. The van der Waals surface area contributed by atoms with E-state index in [9.17, 15) is 9.90 Å². The second-order valence-electron chi connectivity index (χ2n) is 2.93. The average molecular weight is 183 g/mol. The molecule has 1 saturated heterocycles. The van der Waals surface area contributed by atoms with Crippen LogP contribution in [0.15, 0.2) is 0 Å². The van der Waals surface area contributed by atoms with Gasteiger partial charge in [-0.05, 0) is 11.6 Å². The minimum absolute atomic E-state index is 0.0501. The van der Waals surface area contributed by atoms with Crippen molar-refractivity contribution in [2.45, 2.75) is 12.5 Å². The summed E-state index contributed by atoms with van der Waals surface area (Å²) in [4.78, 5) is 13.0. The maximum Gasteiger partial charge on any atom is 0.295 e. The number of β-amino-alcohol motifs (C(OH)–C–C–N with tert-alkyl or cyclic N) is 1. The Morgan fingerprint density at radius 3 is 3.08 bits per heavy atom. The van der Waals surface area contributed by atoms with Crippen molar-refractivity contribution in [1.82, 2.24) is 25.5 Å². The first kappa shape index (κ1) is 8.11. The van der Waals surface area contributed by atoms with Gasteiger partial charge in [-0.3, -0.25) is 4.79 Å². The molecule has 1 aliphatic rings. The Hall–Kier alpha value is -1.50. The Morgan fingerprint density at radius 1 is 1.69 bits per heavy atom. The van der Waals surface area contributed by atoms with Gasteiger partial charge in [-0.2, -0.15) is 5.21 Å². The van der Waals surface area contributed by atoms with Gasteiger partial charge >= 0.3 is 0 Å². The number of aliphatic hydroxyl groups excluding tert-OH is 1. The maximum atomic E-state index is 11.5. The fourth-order valence-corrected chi connectivity index (χ4v) is 1.32. The first-order chi connectivity index (χ1) is 6.27. The number of nitrogens with one attached hydrogen (secondary N) is 1. The maximum absolute atomic E-state index is 11.5. The van der Waals surface area contributed by atoms with Gasteiger partial charge in [0.15, 0.2) is 0 Å². The summed E-state index contributed by atoms with van der Waals surface area (Å²) in [6.07, 6.45) is 0.194. The first-order valence-corrected chi connectivity index (χ1v) is 3.98. The zero-order valence-corrected chi connectivity index (χ0v) is 6.84. The van der Waals surface area contributed by atoms with E-state index in [2.05, 4.69) is 20.6 Å². The number of aromatic nitrogens is 4. The van der Waals surface area contributed by atoms with Gasteiger partial charge in [0.25, 0.3) is 11.7 Å². The Balaban J connectivity index is 2.06. The number of hydrogen-bond acceptors (Lipinski definition) is 5. The lowest BCUT2D eigenvalue weighted by Crippen LogP contribution is -2.30. The van der Waals surface area contributed by atoms with E-state index >= 15 is 0 Å². The largest absolute Gasteiger partial charge is 0.391 e. The summed E-state index contributed by atoms with van der Waals surface area (Å²) in [7, 11) is 0. The van der Waals surface area contributed by atoms with Crippen LogP contribution in [0.4, 0.5) is 0 Å². The molecule has 1 aliphatic heterocycles. The highest BCUT2D eigenvalue weighted by Gasteiger charge is 2.27. The number of H-pyrrole nitrogens is 1. The summed E-state index contributed by atoms with van der Waals surface area (Å²) in [5.41, 5.74) is 0. The molecule has 1 aromatic heterocycles. The van der Waals surface area contributed by atoms with E-state index in [1.54, 1.807) is 0 Å². The predicted octanol–water partition coefficient (Wildman–Crippen LogP) is -1.59. The number of rotatable bonds is 1. The highest BCUT2D eigenvalue weighted by molar-refractivity contribution is 5.90. The zero-order valence-electron chi connectivity index (χ0n) is 6.84. The number of carbonyl (C=O) groups is 1. The van der Waals surface area contributed by atoms with Crippen LogP contribution in [0.25, 0.3) is 0 Å². The van der Waals surface area contributed by atoms with Crippen molar-refractivity contribution in [3.05, 3.63) is 5.82 Å². The van der Waals surface area contributed by atoms with Crippen LogP contribution in [0.3, 0.4) is 0 Å². The summed E-state index contributed by atoms with van der Waals surface area (Å²) in [5, 5.41) is 21.8. The fraction of sp³-hybridized carbons (Fsp3) is 0.667. The van der Waals surface area contributed by atoms with Crippen LogP contribution in [-0.4, -0.2) is 55.7 Å². The molecule has 0 saturated carbocycles. The van der Waals surface area contributed by atoms with Crippen LogP contribution in [0.1, 0.15) is 17.0 Å². The number of aromatic amines is 1. The first-order valence-electron chi connectivity index (χ1n) is 3.98. The van der Waals surface area contributed by atoms with E-state index in [1.807, 2.05) is 0 Å². The normalized spacial score (nSPS) is 22.2. The number of hydrogen-bond donors (Lipinski definition) is 2. The molecule has 1 fully saturated rings. The molecule has 70 valence electrons. The SMILES string of the molecule is O=C(c1nn[nH]n1)N1CC[C@H](O)C1. The molecule has 0 radical (unpaired) electrons. The molecule has 0 aliphatic carbocycles. The van der Waals surface area contributed by atoms with Gasteiger partial charge in [0, 0.05) is 13.1 Å². The smallest absolute Gasteiger partial charge is 0.295 e. The molecule has 1 amide bonds. The third kappa shape index (κ3) is 1.50. The van der Waals surface area contributed by atoms with Crippen molar-refractivity contribution in [3.8, 4) is 0 Å². The summed E-state index contributed by atoms with van der Waals surface area (Å²) >= 11 is 0. The quantitative estimate of drug-likeness (QED) is 0.547. The molecule has 0 spiro atoms. The van der Waals surface area contributed by atoms with Gasteiger partial charge in [-0.15, -0.1) is 10.2 Å². The van der Waals surface area contributed by atoms with Gasteiger partial charge in [0.2, 0.25) is 0 Å². The van der Waals surface area contributed by atoms with Crippen LogP contribution in [-0.2, 0) is 0 Å². The summed E-state index contributed by atoms with van der Waals surface area (Å²) in [6, 6.07) is 0. The topological polar surface area (TPSA) is 95.0 Å². The van der Waals surface area contributed by atoms with Crippen molar-refractivity contribution >= 4 is 5.91 Å². The molecule has 0 aromatic carbocycles. The van der Waals surface area contributed by atoms with Crippen LogP contribution >= 0.6 is 0 Å². The lowest BCUT2D eigenvalue weighted by molar-refractivity contribution is 0.0753. The number of aliphatic hydroxyl groups is 1. The minimum atomic E-state index is -0.421. The van der Waals surface area contributed by atoms with Crippen molar-refractivity contribution in [2.75, 3.05) is 13.1 Å². The van der Waals surface area contributed by atoms with Gasteiger partial charge < -0.3 is 10.0 Å². The molecule has 2 rings (SSSR count). The standard InChI is InChI=1S/C6H9N5O2/c12-4-1-2-11(3-4)6(13)5-7-9-10-8-5/h4,12H,1-3H2,(H,7,8,9,10)/t4-/m0/s1. The van der Waals surface area contributed by atoms with Crippen molar-refractivity contribution in [2.24, 2.45) is 0 Å². The van der Waals surface area contributed by atoms with Crippen LogP contribution in [0, 0.1) is 0 Å². The molecule has 1 atom stereocenters. The minimum Gasteiger partial charge on any atom is -0.391 e. The van der Waals surface area contributed by atoms with Gasteiger partial charge in [-0.1, -0.05) is 0 Å². The molecule has 2 N–H and O–H groups in total. The van der Waals surface area contributed by atoms with E-state index in [4.69, 9.17) is 0 Å². The Kier molecular flexibility index (Phi) is 1.93. The molecule has 7 nitrogen and oxygen atoms in total. The Bertz CT molecular complexity index is 298. The highest BCUT2D eigenvalue weighted by atomic mass is 16.3. The van der Waals surface area contributed by atoms with Crippen LogP contribution in [0.2, 0.25) is 0 Å². The monoisotopic (exact) mass is 183 g/mol. The highest BCUT2D eigenvalue weighted by Crippen LogP contribution is 2.10. The lowest BCUT2D eigenvalue weighted by atomic mass is 10.3. The number of carbonyl (C=O) groups excluding carboxylic acids is 1. The molecule has 2 heterocycles. The number of likely N-dealkylation sites (tertiary alicyclic amines) is 1. The Morgan fingerprint density at radius 2 is 2.54 bits per heavy atom. The van der Waals surface area contributed by atoms with E-state index in [0.29, 0.717) is 19.5 Å². The molecular formula is C6H9N5O2. The van der Waals surface area contributed by atoms with E-state index in [-0.39, 0.29) is 11.7 Å². The third-order valence-electron chi connectivity index (χ3n) is 1.99. The molecule has 7 heteroatoms. The van der Waals surface area contributed by atoms with Crippen molar-refractivity contribution < 1.29 is 9.90 Å². The second-order valence-corrected chi connectivity index (χ2v) is 2.93. The van der Waals surface area contributed by atoms with E-state index in [1.165, 1.54) is 4.90 Å². The third-order valence-corrected chi connectivity index (χ3v) is 1.99.